The summed E-state index contributed by atoms with van der Waals surface area (Å²) in [5.41, 5.74) is 8.49. The van der Waals surface area contributed by atoms with Gasteiger partial charge in [-0.25, -0.2) is 0 Å². The molecule has 0 radical (unpaired) electrons. The number of hydrogen-bond acceptors (Lipinski definition) is 3. The second kappa shape index (κ2) is 4.48. The second-order valence-electron chi connectivity index (χ2n) is 4.80. The van der Waals surface area contributed by atoms with Crippen molar-refractivity contribution in [2.75, 3.05) is 14.2 Å². The molecule has 1 aromatic carbocycles. The van der Waals surface area contributed by atoms with E-state index in [9.17, 15) is 0 Å². The van der Waals surface area contributed by atoms with Crippen LogP contribution in [0.3, 0.4) is 0 Å². The van der Waals surface area contributed by atoms with Gasteiger partial charge in [0.05, 0.1) is 18.2 Å². The quantitative estimate of drug-likeness (QED) is 0.868. The third-order valence-electron chi connectivity index (χ3n) is 3.54. The van der Waals surface area contributed by atoms with Gasteiger partial charge in [0.1, 0.15) is 5.75 Å². The van der Waals surface area contributed by atoms with Crippen LogP contribution in [0.15, 0.2) is 12.1 Å². The van der Waals surface area contributed by atoms with E-state index in [1.165, 1.54) is 5.56 Å². The van der Waals surface area contributed by atoms with Crippen molar-refractivity contribution in [1.29, 1.82) is 0 Å². The van der Waals surface area contributed by atoms with Crippen LogP contribution in [-0.4, -0.2) is 19.7 Å². The summed E-state index contributed by atoms with van der Waals surface area (Å²) < 4.78 is 5.21. The van der Waals surface area contributed by atoms with E-state index in [4.69, 9.17) is 22.1 Å². The molecular formula is C13H19ClN2O. The number of nitrogens with one attached hydrogen (secondary N) is 1. The number of rotatable bonds is 4. The van der Waals surface area contributed by atoms with Gasteiger partial charge >= 0.3 is 0 Å². The topological polar surface area (TPSA) is 47.3 Å². The van der Waals surface area contributed by atoms with E-state index < -0.39 is 0 Å². The van der Waals surface area contributed by atoms with Gasteiger partial charge in [0.15, 0.2) is 0 Å². The molecule has 0 spiro atoms. The number of ether oxygens (including phenoxy) is 1. The van der Waals surface area contributed by atoms with Crippen molar-refractivity contribution in [3.63, 3.8) is 0 Å². The highest BCUT2D eigenvalue weighted by atomic mass is 35.5. The summed E-state index contributed by atoms with van der Waals surface area (Å²) in [6.07, 6.45) is 2.11. The van der Waals surface area contributed by atoms with Gasteiger partial charge in [-0.3, -0.25) is 0 Å². The van der Waals surface area contributed by atoms with E-state index in [-0.39, 0.29) is 11.6 Å². The Hall–Kier alpha value is -0.770. The maximum atomic E-state index is 6.29. The fraction of sp³-hybridized carbons (Fsp3) is 0.538. The fourth-order valence-electron chi connectivity index (χ4n) is 2.32. The van der Waals surface area contributed by atoms with Crippen LogP contribution in [0.4, 0.5) is 0 Å². The Morgan fingerprint density at radius 1 is 1.47 bits per heavy atom. The van der Waals surface area contributed by atoms with Gasteiger partial charge in [0.2, 0.25) is 0 Å². The molecule has 3 nitrogen and oxygen atoms in total. The summed E-state index contributed by atoms with van der Waals surface area (Å²) in [4.78, 5) is 0. The van der Waals surface area contributed by atoms with Crippen LogP contribution in [0.5, 0.6) is 5.75 Å². The summed E-state index contributed by atoms with van der Waals surface area (Å²) in [6, 6.07) is 4.09. The number of aryl methyl sites for hydroxylation is 1. The third-order valence-corrected chi connectivity index (χ3v) is 3.84. The monoisotopic (exact) mass is 254 g/mol. The predicted octanol–water partition coefficient (Wildman–Crippen LogP) is 2.41. The first-order valence-corrected chi connectivity index (χ1v) is 6.20. The molecule has 0 aromatic heterocycles. The van der Waals surface area contributed by atoms with Crippen molar-refractivity contribution in [3.05, 3.63) is 28.3 Å². The van der Waals surface area contributed by atoms with Gasteiger partial charge in [0.25, 0.3) is 0 Å². The highest BCUT2D eigenvalue weighted by Crippen LogP contribution is 2.45. The van der Waals surface area contributed by atoms with Crippen LogP contribution in [0.1, 0.15) is 30.0 Å². The van der Waals surface area contributed by atoms with Crippen molar-refractivity contribution >= 4 is 11.6 Å². The van der Waals surface area contributed by atoms with E-state index in [1.807, 2.05) is 19.2 Å². The fourth-order valence-corrected chi connectivity index (χ4v) is 2.57. The summed E-state index contributed by atoms with van der Waals surface area (Å²) in [5, 5.41) is 3.94. The number of hydrogen-bond donors (Lipinski definition) is 2. The number of nitrogens with two attached hydrogens (primary N) is 1. The van der Waals surface area contributed by atoms with Crippen molar-refractivity contribution in [2.24, 2.45) is 5.73 Å². The van der Waals surface area contributed by atoms with Crippen LogP contribution < -0.4 is 15.8 Å². The zero-order valence-electron chi connectivity index (χ0n) is 10.5. The summed E-state index contributed by atoms with van der Waals surface area (Å²) >= 11 is 6.18. The number of likely N-dealkylation sites (N-methyl/N-ethyl adjacent to an activating group) is 1. The number of halogens is 1. The normalized spacial score (nSPS) is 18.9. The Kier molecular flexibility index (Phi) is 3.34. The minimum atomic E-state index is -0.114. The SMILES string of the molecule is CNC(c1cc(Cl)c(OC)cc1C)C1(N)CC1. The van der Waals surface area contributed by atoms with E-state index in [2.05, 4.69) is 12.2 Å². The van der Waals surface area contributed by atoms with Crippen molar-refractivity contribution in [2.45, 2.75) is 31.3 Å². The molecule has 1 fully saturated rings. The average molecular weight is 255 g/mol. The van der Waals surface area contributed by atoms with Crippen LogP contribution >= 0.6 is 11.6 Å². The first-order valence-electron chi connectivity index (χ1n) is 5.82. The molecule has 0 amide bonds. The third kappa shape index (κ3) is 2.28. The van der Waals surface area contributed by atoms with Crippen LogP contribution in [-0.2, 0) is 0 Å². The van der Waals surface area contributed by atoms with E-state index in [0.717, 1.165) is 18.4 Å². The molecule has 1 atom stereocenters. The molecule has 0 bridgehead atoms. The van der Waals surface area contributed by atoms with Crippen molar-refractivity contribution < 1.29 is 4.74 Å². The Balaban J connectivity index is 2.40. The molecule has 1 unspecified atom stereocenters. The molecule has 0 saturated heterocycles. The number of methoxy groups -OCH3 is 1. The van der Waals surface area contributed by atoms with Gasteiger partial charge < -0.3 is 15.8 Å². The lowest BCUT2D eigenvalue weighted by molar-refractivity contribution is 0.413. The minimum Gasteiger partial charge on any atom is -0.495 e. The van der Waals surface area contributed by atoms with E-state index >= 15 is 0 Å². The maximum Gasteiger partial charge on any atom is 0.137 e. The summed E-state index contributed by atoms with van der Waals surface area (Å²) in [6.45, 7) is 2.06. The largest absolute Gasteiger partial charge is 0.495 e. The molecule has 1 aliphatic carbocycles. The van der Waals surface area contributed by atoms with Gasteiger partial charge in [-0.05, 0) is 50.1 Å². The number of benzene rings is 1. The molecule has 1 saturated carbocycles. The molecule has 2 rings (SSSR count). The van der Waals surface area contributed by atoms with Crippen LogP contribution in [0, 0.1) is 6.92 Å². The molecule has 1 aromatic rings. The predicted molar refractivity (Wildman–Crippen MR) is 70.7 cm³/mol. The maximum absolute atomic E-state index is 6.29. The van der Waals surface area contributed by atoms with Gasteiger partial charge in [-0.15, -0.1) is 0 Å². The Morgan fingerprint density at radius 3 is 2.59 bits per heavy atom. The van der Waals surface area contributed by atoms with E-state index in [1.54, 1.807) is 7.11 Å². The summed E-state index contributed by atoms with van der Waals surface area (Å²) in [7, 11) is 3.57. The highest BCUT2D eigenvalue weighted by Gasteiger charge is 2.46. The standard InChI is InChI=1S/C13H19ClN2O/c1-8-6-11(17-3)10(14)7-9(8)12(16-2)13(15)4-5-13/h6-7,12,16H,4-5,15H2,1-3H3. The Bertz CT molecular complexity index is 430. The smallest absolute Gasteiger partial charge is 0.137 e. The molecule has 0 heterocycles. The molecule has 17 heavy (non-hydrogen) atoms. The van der Waals surface area contributed by atoms with Gasteiger partial charge in [-0.1, -0.05) is 11.6 Å². The van der Waals surface area contributed by atoms with Crippen LogP contribution in [0.25, 0.3) is 0 Å². The Labute approximate surface area is 107 Å². The Morgan fingerprint density at radius 2 is 2.12 bits per heavy atom. The lowest BCUT2D eigenvalue weighted by atomic mass is 9.94. The lowest BCUT2D eigenvalue weighted by Gasteiger charge is -2.25. The minimum absolute atomic E-state index is 0.114. The summed E-state index contributed by atoms with van der Waals surface area (Å²) in [5.74, 6) is 0.713. The van der Waals surface area contributed by atoms with Crippen molar-refractivity contribution in [1.82, 2.24) is 5.32 Å². The second-order valence-corrected chi connectivity index (χ2v) is 5.21. The zero-order valence-corrected chi connectivity index (χ0v) is 11.3. The molecular weight excluding hydrogens is 236 g/mol. The molecule has 1 aliphatic rings. The van der Waals surface area contributed by atoms with Crippen molar-refractivity contribution in [3.8, 4) is 5.75 Å². The molecule has 94 valence electrons. The lowest BCUT2D eigenvalue weighted by Crippen LogP contribution is -2.38. The molecule has 4 heteroatoms. The first-order chi connectivity index (χ1) is 8.01. The van der Waals surface area contributed by atoms with Crippen LogP contribution in [0.2, 0.25) is 5.02 Å². The molecule has 0 aliphatic heterocycles. The molecule has 3 N–H and O–H groups in total. The highest BCUT2D eigenvalue weighted by molar-refractivity contribution is 6.32. The van der Waals surface area contributed by atoms with E-state index in [0.29, 0.717) is 10.8 Å². The first kappa shape index (κ1) is 12.7. The zero-order chi connectivity index (χ0) is 12.6. The van der Waals surface area contributed by atoms with Gasteiger partial charge in [0, 0.05) is 5.54 Å². The van der Waals surface area contributed by atoms with Gasteiger partial charge in [-0.2, -0.15) is 0 Å². The average Bonchev–Trinajstić information content (AvgIpc) is 3.02.